The number of hydrogen-bond acceptors (Lipinski definition) is 5. The molecule has 4 rings (SSSR count). The number of anilines is 3. The van der Waals surface area contributed by atoms with Crippen molar-refractivity contribution in [2.24, 2.45) is 0 Å². The van der Waals surface area contributed by atoms with Crippen molar-refractivity contribution in [3.63, 3.8) is 0 Å². The first-order chi connectivity index (χ1) is 15.0. The first-order valence-corrected chi connectivity index (χ1v) is 12.8. The van der Waals surface area contributed by atoms with Gasteiger partial charge in [0, 0.05) is 24.5 Å². The third-order valence-electron chi connectivity index (χ3n) is 5.99. The molecule has 1 N–H and O–H groups in total. The van der Waals surface area contributed by atoms with Crippen LogP contribution in [0.5, 0.6) is 5.75 Å². The lowest BCUT2D eigenvalue weighted by molar-refractivity contribution is -0.122. The number of fused-ring (bicyclic) bond motifs is 1. The van der Waals surface area contributed by atoms with Gasteiger partial charge in [0.1, 0.15) is 5.75 Å². The Morgan fingerprint density at radius 1 is 1.06 bits per heavy atom. The van der Waals surface area contributed by atoms with E-state index in [-0.39, 0.29) is 17.9 Å². The Labute approximate surface area is 190 Å². The van der Waals surface area contributed by atoms with Crippen molar-refractivity contribution in [3.8, 4) is 5.75 Å². The van der Waals surface area contributed by atoms with E-state index in [0.29, 0.717) is 17.1 Å². The monoisotopic (exact) mass is 457 g/mol. The molecular formula is C24H31N3O4S. The van der Waals surface area contributed by atoms with Crippen molar-refractivity contribution in [2.75, 3.05) is 40.4 Å². The van der Waals surface area contributed by atoms with Gasteiger partial charge in [0.2, 0.25) is 10.0 Å². The van der Waals surface area contributed by atoms with E-state index < -0.39 is 16.1 Å². The smallest absolute Gasteiger partial charge is 0.267 e. The number of benzene rings is 2. The number of sulfonamides is 1. The number of carbonyl (C=O) groups excluding carboxylic acids is 1. The number of amides is 1. The maximum absolute atomic E-state index is 12.9. The molecule has 0 radical (unpaired) electrons. The van der Waals surface area contributed by atoms with Crippen LogP contribution in [0.4, 0.5) is 17.1 Å². The van der Waals surface area contributed by atoms with Crippen LogP contribution in [0, 0.1) is 0 Å². The second-order valence-corrected chi connectivity index (χ2v) is 11.5. The van der Waals surface area contributed by atoms with Crippen molar-refractivity contribution in [2.45, 2.75) is 45.1 Å². The standard InChI is InChI=1S/C24H31N3O4S/c1-24(2,3)17-7-12-21-20(15-17)27(32(4,29)30)16-22(31-21)23(28)25-18-8-10-19(11-9-18)26-13-5-6-14-26/h7-12,15,22H,5-6,13-14,16H2,1-4H3,(H,25,28)/t22-/m0/s1. The average Bonchev–Trinajstić information content (AvgIpc) is 3.26. The van der Waals surface area contributed by atoms with Gasteiger partial charge in [-0.2, -0.15) is 0 Å². The molecule has 0 unspecified atom stereocenters. The van der Waals surface area contributed by atoms with Crippen molar-refractivity contribution >= 4 is 33.0 Å². The molecule has 0 bridgehead atoms. The molecule has 1 atom stereocenters. The third-order valence-corrected chi connectivity index (χ3v) is 7.14. The number of rotatable bonds is 4. The summed E-state index contributed by atoms with van der Waals surface area (Å²) in [6.07, 6.45) is 2.61. The lowest BCUT2D eigenvalue weighted by Crippen LogP contribution is -2.48. The SMILES string of the molecule is CC(C)(C)c1ccc2c(c1)N(S(C)(=O)=O)C[C@@H](C(=O)Nc1ccc(N3CCCC3)cc1)O2. The topological polar surface area (TPSA) is 79.0 Å². The van der Waals surface area contributed by atoms with E-state index >= 15 is 0 Å². The Hall–Kier alpha value is -2.74. The van der Waals surface area contributed by atoms with Crippen LogP contribution in [0.2, 0.25) is 0 Å². The summed E-state index contributed by atoms with van der Waals surface area (Å²) in [5, 5.41) is 2.86. The van der Waals surface area contributed by atoms with Crippen LogP contribution < -0.4 is 19.3 Å². The Kier molecular flexibility index (Phi) is 5.83. The normalized spacial score (nSPS) is 18.8. The molecule has 2 heterocycles. The maximum Gasteiger partial charge on any atom is 0.267 e. The minimum absolute atomic E-state index is 0.0723. The highest BCUT2D eigenvalue weighted by molar-refractivity contribution is 7.92. The molecule has 8 heteroatoms. The van der Waals surface area contributed by atoms with Crippen molar-refractivity contribution in [1.29, 1.82) is 0 Å². The predicted octanol–water partition coefficient (Wildman–Crippen LogP) is 3.75. The highest BCUT2D eigenvalue weighted by atomic mass is 32.2. The molecule has 32 heavy (non-hydrogen) atoms. The van der Waals surface area contributed by atoms with Crippen LogP contribution in [0.15, 0.2) is 42.5 Å². The van der Waals surface area contributed by atoms with E-state index in [1.165, 1.54) is 17.1 Å². The lowest BCUT2D eigenvalue weighted by atomic mass is 9.86. The molecular weight excluding hydrogens is 426 g/mol. The van der Waals surface area contributed by atoms with Crippen LogP contribution in [-0.4, -0.2) is 46.3 Å². The molecule has 2 aromatic carbocycles. The number of nitrogens with zero attached hydrogens (tertiary/aromatic N) is 2. The highest BCUT2D eigenvalue weighted by Crippen LogP contribution is 2.38. The largest absolute Gasteiger partial charge is 0.476 e. The Morgan fingerprint density at radius 2 is 1.72 bits per heavy atom. The molecule has 1 saturated heterocycles. The first-order valence-electron chi connectivity index (χ1n) is 11.0. The quantitative estimate of drug-likeness (QED) is 0.757. The summed E-state index contributed by atoms with van der Waals surface area (Å²) in [5.41, 5.74) is 3.12. The van der Waals surface area contributed by atoms with E-state index in [1.54, 1.807) is 6.07 Å². The minimum atomic E-state index is -3.59. The first kappa shape index (κ1) is 22.5. The summed E-state index contributed by atoms with van der Waals surface area (Å²) >= 11 is 0. The van der Waals surface area contributed by atoms with Gasteiger partial charge in [0.15, 0.2) is 6.10 Å². The van der Waals surface area contributed by atoms with Gasteiger partial charge in [0.25, 0.3) is 5.91 Å². The van der Waals surface area contributed by atoms with Crippen LogP contribution in [0.25, 0.3) is 0 Å². The molecule has 0 aromatic heterocycles. The van der Waals surface area contributed by atoms with E-state index in [0.717, 1.165) is 30.6 Å². The van der Waals surface area contributed by atoms with Gasteiger partial charge in [-0.15, -0.1) is 0 Å². The fraction of sp³-hybridized carbons (Fsp3) is 0.458. The Morgan fingerprint density at radius 3 is 2.31 bits per heavy atom. The summed E-state index contributed by atoms with van der Waals surface area (Å²) in [5.74, 6) is 0.0114. The number of carbonyl (C=O) groups is 1. The fourth-order valence-electron chi connectivity index (χ4n) is 4.12. The molecule has 2 aromatic rings. The van der Waals surface area contributed by atoms with Crippen LogP contribution in [0.3, 0.4) is 0 Å². The van der Waals surface area contributed by atoms with Gasteiger partial charge in [0.05, 0.1) is 18.5 Å². The van der Waals surface area contributed by atoms with Gasteiger partial charge < -0.3 is 15.0 Å². The van der Waals surface area contributed by atoms with Crippen LogP contribution in [-0.2, 0) is 20.2 Å². The second-order valence-electron chi connectivity index (χ2n) is 9.56. The van der Waals surface area contributed by atoms with Gasteiger partial charge >= 0.3 is 0 Å². The average molecular weight is 458 g/mol. The van der Waals surface area contributed by atoms with Gasteiger partial charge in [-0.1, -0.05) is 26.8 Å². The van der Waals surface area contributed by atoms with E-state index in [2.05, 4.69) is 31.0 Å². The number of nitrogens with one attached hydrogen (secondary N) is 1. The zero-order valence-corrected chi connectivity index (χ0v) is 19.9. The lowest BCUT2D eigenvalue weighted by Gasteiger charge is -2.35. The number of ether oxygens (including phenoxy) is 1. The molecule has 2 aliphatic rings. The number of hydrogen-bond donors (Lipinski definition) is 1. The molecule has 1 amide bonds. The van der Waals surface area contributed by atoms with E-state index in [4.69, 9.17) is 4.74 Å². The summed E-state index contributed by atoms with van der Waals surface area (Å²) in [6, 6.07) is 13.2. The predicted molar refractivity (Wildman–Crippen MR) is 128 cm³/mol. The molecule has 2 aliphatic heterocycles. The maximum atomic E-state index is 12.9. The molecule has 172 valence electrons. The van der Waals surface area contributed by atoms with Crippen molar-refractivity contribution in [3.05, 3.63) is 48.0 Å². The summed E-state index contributed by atoms with van der Waals surface area (Å²) < 4.78 is 32.3. The Bertz CT molecular complexity index is 1100. The minimum Gasteiger partial charge on any atom is -0.476 e. The second kappa shape index (κ2) is 8.31. The molecule has 7 nitrogen and oxygen atoms in total. The molecule has 0 spiro atoms. The van der Waals surface area contributed by atoms with Crippen LogP contribution >= 0.6 is 0 Å². The van der Waals surface area contributed by atoms with Crippen LogP contribution in [0.1, 0.15) is 39.2 Å². The molecule has 1 fully saturated rings. The summed E-state index contributed by atoms with van der Waals surface area (Å²) in [4.78, 5) is 15.3. The fourth-order valence-corrected chi connectivity index (χ4v) is 5.03. The molecule has 0 saturated carbocycles. The van der Waals surface area contributed by atoms with Gasteiger partial charge in [-0.25, -0.2) is 8.42 Å². The molecule has 0 aliphatic carbocycles. The van der Waals surface area contributed by atoms with E-state index in [1.807, 2.05) is 36.4 Å². The zero-order valence-electron chi connectivity index (χ0n) is 19.1. The van der Waals surface area contributed by atoms with Crippen molar-refractivity contribution < 1.29 is 17.9 Å². The zero-order chi connectivity index (χ0) is 23.1. The summed E-state index contributed by atoms with van der Waals surface area (Å²) in [6.45, 7) is 8.23. The van der Waals surface area contributed by atoms with E-state index in [9.17, 15) is 13.2 Å². The van der Waals surface area contributed by atoms with Gasteiger partial charge in [-0.05, 0) is 60.2 Å². The van der Waals surface area contributed by atoms with Crippen molar-refractivity contribution in [1.82, 2.24) is 0 Å². The summed E-state index contributed by atoms with van der Waals surface area (Å²) in [7, 11) is -3.59. The Balaban J connectivity index is 1.54. The van der Waals surface area contributed by atoms with Gasteiger partial charge in [-0.3, -0.25) is 9.10 Å². The highest BCUT2D eigenvalue weighted by Gasteiger charge is 2.36. The third kappa shape index (κ3) is 4.70.